The van der Waals surface area contributed by atoms with Gasteiger partial charge in [-0.3, -0.25) is 9.59 Å². The average molecular weight is 426 g/mol. The van der Waals surface area contributed by atoms with Crippen LogP contribution in [-0.2, 0) is 13.0 Å². The van der Waals surface area contributed by atoms with E-state index in [2.05, 4.69) is 15.8 Å². The van der Waals surface area contributed by atoms with Gasteiger partial charge >= 0.3 is 0 Å². The summed E-state index contributed by atoms with van der Waals surface area (Å²) in [5.41, 5.74) is 5.08. The van der Waals surface area contributed by atoms with E-state index < -0.39 is 5.91 Å². The average Bonchev–Trinajstić information content (AvgIpc) is 3.39. The number of nitrogens with zero attached hydrogens (tertiary/aromatic N) is 1. The molecule has 8 heteroatoms. The molecule has 154 valence electrons. The van der Waals surface area contributed by atoms with Gasteiger partial charge in [0, 0.05) is 17.5 Å². The molecular formula is C22H20ClN3O4. The molecule has 2 amide bonds. The number of hydrogen-bond acceptors (Lipinski definition) is 5. The molecule has 0 saturated carbocycles. The van der Waals surface area contributed by atoms with Gasteiger partial charge in [0.1, 0.15) is 11.5 Å². The van der Waals surface area contributed by atoms with Crippen molar-refractivity contribution in [2.45, 2.75) is 32.7 Å². The number of carbonyl (C=O) groups is 2. The van der Waals surface area contributed by atoms with Gasteiger partial charge in [-0.05, 0) is 44.0 Å². The first-order valence-electron chi connectivity index (χ1n) is 9.59. The molecule has 0 saturated heterocycles. The van der Waals surface area contributed by atoms with Crippen molar-refractivity contribution in [3.8, 4) is 0 Å². The molecular weight excluding hydrogens is 406 g/mol. The zero-order valence-electron chi connectivity index (χ0n) is 16.3. The van der Waals surface area contributed by atoms with E-state index in [-0.39, 0.29) is 18.2 Å². The van der Waals surface area contributed by atoms with Crippen molar-refractivity contribution in [2.75, 3.05) is 0 Å². The number of halogens is 1. The van der Waals surface area contributed by atoms with Crippen LogP contribution in [0.3, 0.4) is 0 Å². The van der Waals surface area contributed by atoms with Crippen LogP contribution < -0.4 is 10.7 Å². The maximum absolute atomic E-state index is 12.6. The molecule has 2 aromatic heterocycles. The van der Waals surface area contributed by atoms with Gasteiger partial charge in [-0.15, -0.1) is 0 Å². The molecule has 30 heavy (non-hydrogen) atoms. The molecule has 0 bridgehead atoms. The van der Waals surface area contributed by atoms with Crippen molar-refractivity contribution in [1.82, 2.24) is 10.7 Å². The third-order valence-corrected chi connectivity index (χ3v) is 5.28. The molecule has 1 aromatic carbocycles. The summed E-state index contributed by atoms with van der Waals surface area (Å²) in [6.07, 6.45) is 3.74. The van der Waals surface area contributed by atoms with Crippen LogP contribution in [-0.4, -0.2) is 17.5 Å². The Morgan fingerprint density at radius 2 is 1.97 bits per heavy atom. The normalized spacial score (nSPS) is 14.4. The van der Waals surface area contributed by atoms with Crippen molar-refractivity contribution in [2.24, 2.45) is 5.10 Å². The van der Waals surface area contributed by atoms with Crippen LogP contribution in [0.25, 0.3) is 0 Å². The van der Waals surface area contributed by atoms with Gasteiger partial charge in [-0.1, -0.05) is 23.7 Å². The second-order valence-corrected chi connectivity index (χ2v) is 7.36. The summed E-state index contributed by atoms with van der Waals surface area (Å²) in [7, 11) is 0. The summed E-state index contributed by atoms with van der Waals surface area (Å²) in [4.78, 5) is 25.0. The molecule has 0 spiro atoms. The van der Waals surface area contributed by atoms with Crippen LogP contribution in [0, 0.1) is 6.92 Å². The second kappa shape index (κ2) is 8.59. The molecule has 2 heterocycles. The molecule has 2 N–H and O–H groups in total. The van der Waals surface area contributed by atoms with Gasteiger partial charge in [0.05, 0.1) is 29.1 Å². The summed E-state index contributed by atoms with van der Waals surface area (Å²) in [6, 6.07) is 10.3. The zero-order valence-corrected chi connectivity index (χ0v) is 17.1. The highest BCUT2D eigenvalue weighted by Crippen LogP contribution is 2.30. The molecule has 7 nitrogen and oxygen atoms in total. The highest BCUT2D eigenvalue weighted by atomic mass is 35.5. The van der Waals surface area contributed by atoms with Crippen molar-refractivity contribution < 1.29 is 18.4 Å². The topological polar surface area (TPSA) is 96.8 Å². The molecule has 0 atom stereocenters. The Bertz CT molecular complexity index is 1120. The minimum Gasteiger partial charge on any atom is -0.467 e. The predicted octanol–water partition coefficient (Wildman–Crippen LogP) is 4.23. The molecule has 3 aromatic rings. The number of hydrogen-bond donors (Lipinski definition) is 2. The number of hydrazone groups is 1. The van der Waals surface area contributed by atoms with Gasteiger partial charge in [0.25, 0.3) is 11.8 Å². The Hall–Kier alpha value is -3.32. The lowest BCUT2D eigenvalue weighted by Crippen LogP contribution is -2.23. The van der Waals surface area contributed by atoms with Crippen molar-refractivity contribution in [3.63, 3.8) is 0 Å². The van der Waals surface area contributed by atoms with E-state index in [0.29, 0.717) is 46.2 Å². The van der Waals surface area contributed by atoms with Crippen LogP contribution >= 0.6 is 11.6 Å². The number of rotatable bonds is 5. The standard InChI is InChI=1S/C22H20ClN3O4/c1-13-19-17(25-26-21(27)15-7-2-3-8-16(15)23)9-4-10-18(19)30-20(13)22(28)24-12-14-6-5-11-29-14/h2-3,5-8,11H,4,9-10,12H2,1H3,(H,24,28)(H,26,27)/b25-17+. The Balaban J connectivity index is 1.53. The third kappa shape index (κ3) is 4.02. The maximum Gasteiger partial charge on any atom is 0.287 e. The lowest BCUT2D eigenvalue weighted by atomic mass is 9.93. The van der Waals surface area contributed by atoms with Crippen LogP contribution in [0.1, 0.15) is 56.4 Å². The van der Waals surface area contributed by atoms with E-state index in [4.69, 9.17) is 20.4 Å². The Morgan fingerprint density at radius 1 is 1.13 bits per heavy atom. The predicted molar refractivity (Wildman–Crippen MR) is 112 cm³/mol. The lowest BCUT2D eigenvalue weighted by Gasteiger charge is -2.13. The molecule has 4 rings (SSSR count). The van der Waals surface area contributed by atoms with Crippen LogP contribution in [0.2, 0.25) is 5.02 Å². The van der Waals surface area contributed by atoms with E-state index in [1.165, 1.54) is 0 Å². The molecule has 0 fully saturated rings. The number of benzene rings is 1. The number of aryl methyl sites for hydroxylation is 1. The van der Waals surface area contributed by atoms with E-state index in [1.54, 1.807) is 42.7 Å². The van der Waals surface area contributed by atoms with E-state index >= 15 is 0 Å². The molecule has 1 aliphatic carbocycles. The van der Waals surface area contributed by atoms with Crippen molar-refractivity contribution in [1.29, 1.82) is 0 Å². The number of furan rings is 2. The van der Waals surface area contributed by atoms with Crippen LogP contribution in [0.4, 0.5) is 0 Å². The molecule has 0 radical (unpaired) electrons. The Labute approximate surface area is 178 Å². The summed E-state index contributed by atoms with van der Waals surface area (Å²) >= 11 is 6.08. The monoisotopic (exact) mass is 425 g/mol. The van der Waals surface area contributed by atoms with E-state index in [9.17, 15) is 9.59 Å². The SMILES string of the molecule is Cc1c(C(=O)NCc2ccco2)oc2c1/C(=N/NC(=O)c1ccccc1Cl)CCC2. The number of carbonyl (C=O) groups excluding carboxylic acids is 2. The fourth-order valence-corrected chi connectivity index (χ4v) is 3.70. The zero-order chi connectivity index (χ0) is 21.1. The quantitative estimate of drug-likeness (QED) is 0.597. The highest BCUT2D eigenvalue weighted by molar-refractivity contribution is 6.33. The largest absolute Gasteiger partial charge is 0.467 e. The smallest absolute Gasteiger partial charge is 0.287 e. The van der Waals surface area contributed by atoms with Crippen molar-refractivity contribution in [3.05, 3.63) is 81.7 Å². The number of fused-ring (bicyclic) bond motifs is 1. The number of nitrogens with one attached hydrogen (secondary N) is 2. The summed E-state index contributed by atoms with van der Waals surface area (Å²) in [6.45, 7) is 2.09. The molecule has 1 aliphatic rings. The van der Waals surface area contributed by atoms with Gasteiger partial charge in [0.2, 0.25) is 0 Å². The lowest BCUT2D eigenvalue weighted by molar-refractivity contribution is 0.0916. The Morgan fingerprint density at radius 3 is 2.73 bits per heavy atom. The van der Waals surface area contributed by atoms with E-state index in [0.717, 1.165) is 12.0 Å². The van der Waals surface area contributed by atoms with Crippen LogP contribution in [0.5, 0.6) is 0 Å². The summed E-state index contributed by atoms with van der Waals surface area (Å²) in [5.74, 6) is 0.892. The molecule has 0 aliphatic heterocycles. The van der Waals surface area contributed by atoms with Gasteiger partial charge in [-0.2, -0.15) is 5.10 Å². The van der Waals surface area contributed by atoms with Crippen LogP contribution in [0.15, 0.2) is 56.6 Å². The fraction of sp³-hybridized carbons (Fsp3) is 0.227. The summed E-state index contributed by atoms with van der Waals surface area (Å²) < 4.78 is 11.1. The highest BCUT2D eigenvalue weighted by Gasteiger charge is 2.28. The maximum atomic E-state index is 12.6. The minimum absolute atomic E-state index is 0.249. The first-order valence-corrected chi connectivity index (χ1v) is 9.97. The van der Waals surface area contributed by atoms with Crippen molar-refractivity contribution >= 4 is 29.1 Å². The minimum atomic E-state index is -0.391. The van der Waals surface area contributed by atoms with E-state index in [1.807, 2.05) is 6.92 Å². The number of amides is 2. The third-order valence-electron chi connectivity index (χ3n) is 4.95. The van der Waals surface area contributed by atoms with Gasteiger partial charge in [-0.25, -0.2) is 5.43 Å². The molecule has 0 unspecified atom stereocenters. The van der Waals surface area contributed by atoms with Gasteiger partial charge < -0.3 is 14.2 Å². The fourth-order valence-electron chi connectivity index (χ4n) is 3.48. The second-order valence-electron chi connectivity index (χ2n) is 6.95. The first kappa shape index (κ1) is 20.0. The van der Waals surface area contributed by atoms with Gasteiger partial charge in [0.15, 0.2) is 5.76 Å². The Kier molecular flexibility index (Phi) is 5.72. The summed E-state index contributed by atoms with van der Waals surface area (Å²) in [5, 5.41) is 7.46. The first-order chi connectivity index (χ1) is 14.5.